The van der Waals surface area contributed by atoms with Crippen molar-refractivity contribution >= 4 is 11.8 Å². The summed E-state index contributed by atoms with van der Waals surface area (Å²) in [6.45, 7) is 7.46. The number of nitrogens with zero attached hydrogens (tertiary/aromatic N) is 4. The fraction of sp³-hybridized carbons (Fsp3) is 0.765. The Morgan fingerprint density at radius 1 is 1.12 bits per heavy atom. The van der Waals surface area contributed by atoms with Crippen LogP contribution >= 0.6 is 0 Å². The van der Waals surface area contributed by atoms with E-state index in [1.807, 2.05) is 16.4 Å². The number of likely N-dealkylation sites (tertiary alicyclic amines) is 1. The lowest BCUT2D eigenvalue weighted by molar-refractivity contribution is -0.136. The van der Waals surface area contributed by atoms with Gasteiger partial charge in [-0.1, -0.05) is 0 Å². The molecule has 1 aliphatic carbocycles. The summed E-state index contributed by atoms with van der Waals surface area (Å²) in [6.07, 6.45) is 5.26. The maximum absolute atomic E-state index is 12.5. The lowest BCUT2D eigenvalue weighted by Crippen LogP contribution is -2.44. The van der Waals surface area contributed by atoms with Crippen molar-refractivity contribution in [2.24, 2.45) is 11.8 Å². The van der Waals surface area contributed by atoms with Gasteiger partial charge < -0.3 is 14.8 Å². The number of amides is 2. The van der Waals surface area contributed by atoms with Crippen LogP contribution in [0.25, 0.3) is 0 Å². The molecule has 1 aliphatic heterocycles. The summed E-state index contributed by atoms with van der Waals surface area (Å²) in [5.74, 6) is 1.36. The van der Waals surface area contributed by atoms with Crippen LogP contribution in [0.4, 0.5) is 0 Å². The number of carbonyl (C=O) groups is 2. The highest BCUT2D eigenvalue weighted by Crippen LogP contribution is 2.32. The molecule has 7 heteroatoms. The van der Waals surface area contributed by atoms with Gasteiger partial charge in [0.1, 0.15) is 6.33 Å². The molecule has 24 heavy (non-hydrogen) atoms. The molecule has 0 radical (unpaired) electrons. The van der Waals surface area contributed by atoms with Crippen molar-refractivity contribution in [2.45, 2.75) is 58.5 Å². The molecule has 1 aromatic rings. The van der Waals surface area contributed by atoms with Gasteiger partial charge in [0.25, 0.3) is 0 Å². The molecule has 3 rings (SSSR count). The predicted octanol–water partition coefficient (Wildman–Crippen LogP) is 1.68. The number of carbonyl (C=O) groups excluding carboxylic acids is 2. The second kappa shape index (κ2) is 6.91. The van der Waals surface area contributed by atoms with Crippen molar-refractivity contribution in [2.75, 3.05) is 13.1 Å². The average molecular weight is 333 g/mol. The zero-order chi connectivity index (χ0) is 17.3. The van der Waals surface area contributed by atoms with Crippen LogP contribution in [0, 0.1) is 11.8 Å². The van der Waals surface area contributed by atoms with Gasteiger partial charge in [-0.25, -0.2) is 0 Å². The van der Waals surface area contributed by atoms with Gasteiger partial charge in [0.15, 0.2) is 5.82 Å². The predicted molar refractivity (Wildman–Crippen MR) is 89.0 cm³/mol. The maximum Gasteiger partial charge on any atom is 0.225 e. The van der Waals surface area contributed by atoms with E-state index in [0.717, 1.165) is 31.5 Å². The Balaban J connectivity index is 1.52. The number of hydrogen-bond donors (Lipinski definition) is 1. The molecular formula is C17H27N5O2. The van der Waals surface area contributed by atoms with E-state index in [2.05, 4.69) is 29.4 Å². The summed E-state index contributed by atoms with van der Waals surface area (Å²) in [5.41, 5.74) is 0. The maximum atomic E-state index is 12.5. The SMILES string of the molecule is CC(C)n1cnnc1[C@H](C)NC(=O)C1CCN(C(=O)C2CC2)CC1. The van der Waals surface area contributed by atoms with Crippen molar-refractivity contribution < 1.29 is 9.59 Å². The molecule has 2 amide bonds. The number of nitrogens with one attached hydrogen (secondary N) is 1. The monoisotopic (exact) mass is 333 g/mol. The summed E-state index contributed by atoms with van der Waals surface area (Å²) >= 11 is 0. The Kier molecular flexibility index (Phi) is 4.87. The Morgan fingerprint density at radius 3 is 2.38 bits per heavy atom. The van der Waals surface area contributed by atoms with E-state index in [1.165, 1.54) is 0 Å². The fourth-order valence-electron chi connectivity index (χ4n) is 3.31. The van der Waals surface area contributed by atoms with Crippen molar-refractivity contribution in [1.82, 2.24) is 25.0 Å². The summed E-state index contributed by atoms with van der Waals surface area (Å²) in [7, 11) is 0. The molecule has 2 heterocycles. The zero-order valence-corrected chi connectivity index (χ0v) is 14.7. The number of rotatable bonds is 5. The first kappa shape index (κ1) is 16.9. The molecule has 7 nitrogen and oxygen atoms in total. The van der Waals surface area contributed by atoms with Crippen LogP contribution in [-0.4, -0.2) is 44.6 Å². The highest BCUT2D eigenvalue weighted by Gasteiger charge is 2.36. The third-order valence-electron chi connectivity index (χ3n) is 5.01. The van der Waals surface area contributed by atoms with Gasteiger partial charge >= 0.3 is 0 Å². The molecular weight excluding hydrogens is 306 g/mol. The van der Waals surface area contributed by atoms with Crippen molar-refractivity contribution in [1.29, 1.82) is 0 Å². The first-order valence-corrected chi connectivity index (χ1v) is 8.96. The lowest BCUT2D eigenvalue weighted by atomic mass is 9.95. The van der Waals surface area contributed by atoms with Crippen LogP contribution in [0.1, 0.15) is 64.4 Å². The van der Waals surface area contributed by atoms with Crippen LogP contribution in [0.15, 0.2) is 6.33 Å². The van der Waals surface area contributed by atoms with Gasteiger partial charge in [-0.15, -0.1) is 10.2 Å². The Labute approximate surface area is 142 Å². The van der Waals surface area contributed by atoms with Crippen molar-refractivity contribution in [3.05, 3.63) is 12.2 Å². The van der Waals surface area contributed by atoms with Crippen LogP contribution in [-0.2, 0) is 9.59 Å². The summed E-state index contributed by atoms with van der Waals surface area (Å²) in [6, 6.07) is 0.0829. The normalized spacial score (nSPS) is 20.2. The summed E-state index contributed by atoms with van der Waals surface area (Å²) < 4.78 is 1.97. The smallest absolute Gasteiger partial charge is 0.225 e. The first-order chi connectivity index (χ1) is 11.5. The topological polar surface area (TPSA) is 80.1 Å². The fourth-order valence-corrected chi connectivity index (χ4v) is 3.31. The highest BCUT2D eigenvalue weighted by atomic mass is 16.2. The van der Waals surface area contributed by atoms with Gasteiger partial charge in [-0.2, -0.15) is 0 Å². The zero-order valence-electron chi connectivity index (χ0n) is 14.7. The molecule has 132 valence electrons. The summed E-state index contributed by atoms with van der Waals surface area (Å²) in [5, 5.41) is 11.2. The Bertz CT molecular complexity index is 600. The van der Waals surface area contributed by atoms with E-state index < -0.39 is 0 Å². The van der Waals surface area contributed by atoms with Gasteiger partial charge in [-0.05, 0) is 46.5 Å². The molecule has 1 saturated carbocycles. The third-order valence-corrected chi connectivity index (χ3v) is 5.01. The molecule has 1 aromatic heterocycles. The molecule has 0 spiro atoms. The van der Waals surface area contributed by atoms with E-state index >= 15 is 0 Å². The number of piperidine rings is 1. The quantitative estimate of drug-likeness (QED) is 0.889. The standard InChI is InChI=1S/C17H27N5O2/c1-11(2)22-10-18-20-15(22)12(3)19-16(23)13-6-8-21(9-7-13)17(24)14-4-5-14/h10-14H,4-9H2,1-3H3,(H,19,23)/t12-/m0/s1. The van der Waals surface area contributed by atoms with Crippen LogP contribution in [0.2, 0.25) is 0 Å². The largest absolute Gasteiger partial charge is 0.346 e. The summed E-state index contributed by atoms with van der Waals surface area (Å²) in [4.78, 5) is 26.5. The van der Waals surface area contributed by atoms with Crippen LogP contribution in [0.3, 0.4) is 0 Å². The lowest BCUT2D eigenvalue weighted by Gasteiger charge is -2.32. The molecule has 1 saturated heterocycles. The molecule has 0 unspecified atom stereocenters. The van der Waals surface area contributed by atoms with E-state index in [-0.39, 0.29) is 35.7 Å². The molecule has 0 bridgehead atoms. The van der Waals surface area contributed by atoms with Gasteiger partial charge in [-0.3, -0.25) is 9.59 Å². The van der Waals surface area contributed by atoms with Crippen molar-refractivity contribution in [3.8, 4) is 0 Å². The minimum atomic E-state index is -0.173. The first-order valence-electron chi connectivity index (χ1n) is 8.96. The van der Waals surface area contributed by atoms with E-state index in [9.17, 15) is 9.59 Å². The molecule has 0 aromatic carbocycles. The number of aromatic nitrogens is 3. The second-order valence-corrected chi connectivity index (χ2v) is 7.29. The van der Waals surface area contributed by atoms with Crippen molar-refractivity contribution in [3.63, 3.8) is 0 Å². The molecule has 1 atom stereocenters. The third kappa shape index (κ3) is 3.60. The highest BCUT2D eigenvalue weighted by molar-refractivity contribution is 5.82. The minimum Gasteiger partial charge on any atom is -0.346 e. The van der Waals surface area contributed by atoms with Gasteiger partial charge in [0, 0.05) is 31.0 Å². The van der Waals surface area contributed by atoms with Gasteiger partial charge in [0.05, 0.1) is 6.04 Å². The number of hydrogen-bond acceptors (Lipinski definition) is 4. The molecule has 2 aliphatic rings. The van der Waals surface area contributed by atoms with Crippen LogP contribution in [0.5, 0.6) is 0 Å². The van der Waals surface area contributed by atoms with E-state index in [1.54, 1.807) is 6.33 Å². The second-order valence-electron chi connectivity index (χ2n) is 7.29. The van der Waals surface area contributed by atoms with E-state index in [4.69, 9.17) is 0 Å². The molecule has 1 N–H and O–H groups in total. The van der Waals surface area contributed by atoms with Crippen LogP contribution < -0.4 is 5.32 Å². The average Bonchev–Trinajstić information content (AvgIpc) is 3.29. The Morgan fingerprint density at radius 2 is 1.79 bits per heavy atom. The van der Waals surface area contributed by atoms with Gasteiger partial charge in [0.2, 0.25) is 11.8 Å². The minimum absolute atomic E-state index is 0.0221. The molecule has 2 fully saturated rings. The van der Waals surface area contributed by atoms with E-state index in [0.29, 0.717) is 13.1 Å². The Hall–Kier alpha value is -1.92.